The van der Waals surface area contributed by atoms with Gasteiger partial charge in [-0.1, -0.05) is 19.9 Å². The van der Waals surface area contributed by atoms with E-state index in [1.165, 1.54) is 19.2 Å². The van der Waals surface area contributed by atoms with Gasteiger partial charge in [0.2, 0.25) is 0 Å². The Morgan fingerprint density at radius 2 is 2.00 bits per heavy atom. The minimum atomic E-state index is -0.907. The van der Waals surface area contributed by atoms with E-state index in [1.54, 1.807) is 13.0 Å². The normalized spacial score (nSPS) is 14.2. The molecule has 1 rings (SSSR count). The number of ether oxygens (including phenoxy) is 1. The van der Waals surface area contributed by atoms with Crippen LogP contribution in [0.4, 0.5) is 4.39 Å². The number of carbonyl (C=O) groups is 1. The predicted octanol–water partition coefficient (Wildman–Crippen LogP) is 2.59. The maximum atomic E-state index is 13.6. The van der Waals surface area contributed by atoms with Crippen LogP contribution in [0, 0.1) is 11.7 Å². The topological polar surface area (TPSA) is 58.6 Å². The molecule has 0 saturated heterocycles. The van der Waals surface area contributed by atoms with E-state index >= 15 is 0 Å². The van der Waals surface area contributed by atoms with Crippen molar-refractivity contribution in [1.82, 2.24) is 5.32 Å². The van der Waals surface area contributed by atoms with Gasteiger partial charge >= 0.3 is 5.97 Å². The molecule has 0 spiro atoms. The zero-order chi connectivity index (χ0) is 14.6. The molecule has 106 valence electrons. The Labute approximate surface area is 112 Å². The molecule has 0 aliphatic rings. The maximum Gasteiger partial charge on any atom is 0.320 e. The minimum absolute atomic E-state index is 0.0527. The summed E-state index contributed by atoms with van der Waals surface area (Å²) in [4.78, 5) is 11.1. The second-order valence-corrected chi connectivity index (χ2v) is 4.84. The number of benzene rings is 1. The summed E-state index contributed by atoms with van der Waals surface area (Å²) in [6.07, 6.45) is 0. The zero-order valence-corrected chi connectivity index (χ0v) is 11.6. The molecule has 19 heavy (non-hydrogen) atoms. The molecule has 0 aliphatic heterocycles. The second-order valence-electron chi connectivity index (χ2n) is 4.84. The molecule has 2 N–H and O–H groups in total. The Bertz CT molecular complexity index is 448. The van der Waals surface area contributed by atoms with Gasteiger partial charge < -0.3 is 9.84 Å². The van der Waals surface area contributed by atoms with Crippen molar-refractivity contribution in [2.45, 2.75) is 32.9 Å². The Hall–Kier alpha value is -1.62. The molecular weight excluding hydrogens is 249 g/mol. The van der Waals surface area contributed by atoms with Crippen molar-refractivity contribution in [2.75, 3.05) is 7.11 Å². The van der Waals surface area contributed by atoms with E-state index in [9.17, 15) is 9.18 Å². The molecule has 1 aromatic rings. The fourth-order valence-corrected chi connectivity index (χ4v) is 1.87. The number of halogens is 1. The van der Waals surface area contributed by atoms with Crippen molar-refractivity contribution in [3.63, 3.8) is 0 Å². The molecule has 0 aromatic heterocycles. The fraction of sp³-hybridized carbons (Fsp3) is 0.500. The highest BCUT2D eigenvalue weighted by Crippen LogP contribution is 2.22. The molecular formula is C14H20FNO3. The van der Waals surface area contributed by atoms with Crippen LogP contribution in [0.15, 0.2) is 18.2 Å². The van der Waals surface area contributed by atoms with Crippen LogP contribution < -0.4 is 10.1 Å². The van der Waals surface area contributed by atoms with Gasteiger partial charge in [-0.2, -0.15) is 0 Å². The van der Waals surface area contributed by atoms with Crippen molar-refractivity contribution >= 4 is 5.97 Å². The van der Waals surface area contributed by atoms with Gasteiger partial charge in [-0.05, 0) is 30.5 Å². The highest BCUT2D eigenvalue weighted by molar-refractivity contribution is 5.73. The fourth-order valence-electron chi connectivity index (χ4n) is 1.87. The average Bonchev–Trinajstić information content (AvgIpc) is 2.34. The van der Waals surface area contributed by atoms with Crippen LogP contribution in [0.1, 0.15) is 32.4 Å². The standard InChI is InChI=1S/C14H20FNO3/c1-8(2)13(14(17)18)16-9(3)10-5-6-12(19-4)11(15)7-10/h5-9,13,16H,1-4H3,(H,17,18). The third-order valence-electron chi connectivity index (χ3n) is 3.04. The number of nitrogens with one attached hydrogen (secondary N) is 1. The van der Waals surface area contributed by atoms with Crippen LogP contribution in [0.5, 0.6) is 5.75 Å². The number of carboxylic acids is 1. The van der Waals surface area contributed by atoms with E-state index < -0.39 is 17.8 Å². The Balaban J connectivity index is 2.85. The largest absolute Gasteiger partial charge is 0.494 e. The molecule has 1 aromatic carbocycles. The van der Waals surface area contributed by atoms with Crippen molar-refractivity contribution < 1.29 is 19.0 Å². The number of hydrogen-bond acceptors (Lipinski definition) is 3. The number of methoxy groups -OCH3 is 1. The average molecular weight is 269 g/mol. The molecule has 0 amide bonds. The van der Waals surface area contributed by atoms with Gasteiger partial charge in [-0.15, -0.1) is 0 Å². The molecule has 2 atom stereocenters. The summed E-state index contributed by atoms with van der Waals surface area (Å²) in [5.74, 6) is -1.24. The predicted molar refractivity (Wildman–Crippen MR) is 70.8 cm³/mol. The molecule has 0 heterocycles. The molecule has 0 bridgehead atoms. The first-order valence-electron chi connectivity index (χ1n) is 6.19. The highest BCUT2D eigenvalue weighted by atomic mass is 19.1. The minimum Gasteiger partial charge on any atom is -0.494 e. The summed E-state index contributed by atoms with van der Waals surface area (Å²) in [7, 11) is 1.40. The van der Waals surface area contributed by atoms with Crippen LogP contribution in [0.25, 0.3) is 0 Å². The molecule has 0 radical (unpaired) electrons. The molecule has 0 fully saturated rings. The first kappa shape index (κ1) is 15.4. The van der Waals surface area contributed by atoms with Crippen LogP contribution in [-0.2, 0) is 4.79 Å². The van der Waals surface area contributed by atoms with E-state index in [2.05, 4.69) is 5.32 Å². The summed E-state index contributed by atoms with van der Waals surface area (Å²) in [5.41, 5.74) is 0.685. The number of hydrogen-bond donors (Lipinski definition) is 2. The van der Waals surface area contributed by atoms with Gasteiger partial charge in [-0.25, -0.2) is 4.39 Å². The Kier molecular flexibility index (Phi) is 5.30. The van der Waals surface area contributed by atoms with E-state index in [-0.39, 0.29) is 17.7 Å². The van der Waals surface area contributed by atoms with Gasteiger partial charge in [0.25, 0.3) is 0 Å². The smallest absolute Gasteiger partial charge is 0.320 e. The van der Waals surface area contributed by atoms with Crippen LogP contribution in [0.2, 0.25) is 0 Å². The lowest BCUT2D eigenvalue weighted by Gasteiger charge is -2.23. The van der Waals surface area contributed by atoms with Crippen LogP contribution in [-0.4, -0.2) is 24.2 Å². The number of aliphatic carboxylic acids is 1. The van der Waals surface area contributed by atoms with E-state index in [4.69, 9.17) is 9.84 Å². The van der Waals surface area contributed by atoms with E-state index in [0.29, 0.717) is 5.56 Å². The van der Waals surface area contributed by atoms with Gasteiger partial charge in [-0.3, -0.25) is 10.1 Å². The summed E-state index contributed by atoms with van der Waals surface area (Å²) < 4.78 is 18.4. The monoisotopic (exact) mass is 269 g/mol. The first-order chi connectivity index (χ1) is 8.86. The lowest BCUT2D eigenvalue weighted by Crippen LogP contribution is -2.42. The summed E-state index contributed by atoms with van der Waals surface area (Å²) in [6.45, 7) is 5.46. The van der Waals surface area contributed by atoms with Crippen LogP contribution in [0.3, 0.4) is 0 Å². The van der Waals surface area contributed by atoms with Gasteiger partial charge in [0.05, 0.1) is 7.11 Å². The number of carboxylic acid groups (broad SMARTS) is 1. The van der Waals surface area contributed by atoms with Crippen molar-refractivity contribution in [3.05, 3.63) is 29.6 Å². The molecule has 0 aliphatic carbocycles. The molecule has 2 unspecified atom stereocenters. The van der Waals surface area contributed by atoms with E-state index in [0.717, 1.165) is 0 Å². The van der Waals surface area contributed by atoms with E-state index in [1.807, 2.05) is 13.8 Å². The zero-order valence-electron chi connectivity index (χ0n) is 11.6. The van der Waals surface area contributed by atoms with Gasteiger partial charge in [0, 0.05) is 6.04 Å². The molecule has 5 heteroatoms. The lowest BCUT2D eigenvalue weighted by atomic mass is 10.0. The van der Waals surface area contributed by atoms with Crippen molar-refractivity contribution in [1.29, 1.82) is 0 Å². The molecule has 4 nitrogen and oxygen atoms in total. The quantitative estimate of drug-likeness (QED) is 0.833. The van der Waals surface area contributed by atoms with Crippen LogP contribution >= 0.6 is 0 Å². The Morgan fingerprint density at radius 3 is 2.42 bits per heavy atom. The molecule has 0 saturated carbocycles. The third-order valence-corrected chi connectivity index (χ3v) is 3.04. The SMILES string of the molecule is COc1ccc(C(C)NC(C(=O)O)C(C)C)cc1F. The summed E-state index contributed by atoms with van der Waals surface area (Å²) in [5, 5.41) is 12.1. The first-order valence-corrected chi connectivity index (χ1v) is 6.19. The second kappa shape index (κ2) is 6.52. The summed E-state index contributed by atoms with van der Waals surface area (Å²) in [6, 6.07) is 3.69. The van der Waals surface area contributed by atoms with Crippen molar-refractivity contribution in [3.8, 4) is 5.75 Å². The maximum absolute atomic E-state index is 13.6. The van der Waals surface area contributed by atoms with Gasteiger partial charge in [0.1, 0.15) is 6.04 Å². The summed E-state index contributed by atoms with van der Waals surface area (Å²) >= 11 is 0. The Morgan fingerprint density at radius 1 is 1.37 bits per heavy atom. The highest BCUT2D eigenvalue weighted by Gasteiger charge is 2.23. The number of rotatable bonds is 6. The third kappa shape index (κ3) is 3.92. The lowest BCUT2D eigenvalue weighted by molar-refractivity contribution is -0.140. The van der Waals surface area contributed by atoms with Gasteiger partial charge in [0.15, 0.2) is 11.6 Å². The van der Waals surface area contributed by atoms with Crippen molar-refractivity contribution in [2.24, 2.45) is 5.92 Å².